The molecular weight excluding hydrogens is 346 g/mol. The molecule has 140 valence electrons. The Hall–Kier alpha value is -3.40. The Bertz CT molecular complexity index is 1000. The third-order valence-corrected chi connectivity index (χ3v) is 4.87. The van der Waals surface area contributed by atoms with Gasteiger partial charge in [0.2, 0.25) is 5.91 Å². The summed E-state index contributed by atoms with van der Waals surface area (Å²) in [6.07, 6.45) is 2.27. The van der Waals surface area contributed by atoms with Gasteiger partial charge in [0.1, 0.15) is 0 Å². The minimum absolute atomic E-state index is 0.132. The van der Waals surface area contributed by atoms with E-state index in [4.69, 9.17) is 0 Å². The molecule has 0 saturated heterocycles. The van der Waals surface area contributed by atoms with E-state index in [2.05, 4.69) is 29.4 Å². The highest BCUT2D eigenvalue weighted by Gasteiger charge is 2.15. The smallest absolute Gasteiger partial charge is 0.225 e. The molecule has 4 rings (SSSR count). The molecule has 1 amide bonds. The third kappa shape index (κ3) is 4.29. The number of aryl methyl sites for hydroxylation is 1. The highest BCUT2D eigenvalue weighted by atomic mass is 16.2. The van der Waals surface area contributed by atoms with Gasteiger partial charge < -0.3 is 4.90 Å². The van der Waals surface area contributed by atoms with Gasteiger partial charge in [-0.05, 0) is 17.2 Å². The Morgan fingerprint density at radius 1 is 0.786 bits per heavy atom. The van der Waals surface area contributed by atoms with Gasteiger partial charge >= 0.3 is 0 Å². The van der Waals surface area contributed by atoms with Crippen LogP contribution in [0.1, 0.15) is 17.5 Å². The molecule has 0 saturated carbocycles. The van der Waals surface area contributed by atoms with Crippen molar-refractivity contribution in [1.82, 2.24) is 14.7 Å². The SMILES string of the molecule is O=C(CCn1ncc2ccccc21)N(Cc1ccccc1)Cc1ccccc1. The molecule has 4 heteroatoms. The maximum Gasteiger partial charge on any atom is 0.225 e. The zero-order valence-corrected chi connectivity index (χ0v) is 15.7. The van der Waals surface area contributed by atoms with Crippen molar-refractivity contribution >= 4 is 16.8 Å². The van der Waals surface area contributed by atoms with Crippen molar-refractivity contribution in [2.75, 3.05) is 0 Å². The molecule has 0 atom stereocenters. The second kappa shape index (κ2) is 8.53. The number of hydrogen-bond donors (Lipinski definition) is 0. The van der Waals surface area contributed by atoms with Crippen LogP contribution >= 0.6 is 0 Å². The lowest BCUT2D eigenvalue weighted by Gasteiger charge is -2.23. The molecule has 4 aromatic rings. The van der Waals surface area contributed by atoms with E-state index in [-0.39, 0.29) is 5.91 Å². The van der Waals surface area contributed by atoms with Crippen molar-refractivity contribution in [3.8, 4) is 0 Å². The van der Waals surface area contributed by atoms with Gasteiger partial charge in [-0.1, -0.05) is 78.9 Å². The van der Waals surface area contributed by atoms with E-state index in [1.54, 1.807) is 0 Å². The summed E-state index contributed by atoms with van der Waals surface area (Å²) in [5, 5.41) is 5.54. The molecule has 0 aliphatic rings. The van der Waals surface area contributed by atoms with Crippen molar-refractivity contribution in [3.05, 3.63) is 102 Å². The largest absolute Gasteiger partial charge is 0.334 e. The Morgan fingerprint density at radius 2 is 1.36 bits per heavy atom. The molecular formula is C24H23N3O. The fourth-order valence-electron chi connectivity index (χ4n) is 3.40. The maximum absolute atomic E-state index is 13.1. The third-order valence-electron chi connectivity index (χ3n) is 4.87. The fraction of sp³-hybridized carbons (Fsp3) is 0.167. The van der Waals surface area contributed by atoms with E-state index in [9.17, 15) is 4.79 Å². The second-order valence-corrected chi connectivity index (χ2v) is 6.90. The van der Waals surface area contributed by atoms with Crippen LogP contribution in [0.25, 0.3) is 10.9 Å². The van der Waals surface area contributed by atoms with Crippen LogP contribution in [0.15, 0.2) is 91.1 Å². The van der Waals surface area contributed by atoms with E-state index in [0.29, 0.717) is 26.1 Å². The monoisotopic (exact) mass is 369 g/mol. The number of fused-ring (bicyclic) bond motifs is 1. The Kier molecular flexibility index (Phi) is 5.48. The topological polar surface area (TPSA) is 38.1 Å². The first-order valence-corrected chi connectivity index (χ1v) is 9.56. The molecule has 0 N–H and O–H groups in total. The lowest BCUT2D eigenvalue weighted by atomic mass is 10.1. The molecule has 0 unspecified atom stereocenters. The van der Waals surface area contributed by atoms with E-state index in [0.717, 1.165) is 22.0 Å². The van der Waals surface area contributed by atoms with Crippen molar-refractivity contribution in [1.29, 1.82) is 0 Å². The number of hydrogen-bond acceptors (Lipinski definition) is 2. The number of amides is 1. The number of carbonyl (C=O) groups excluding carboxylic acids is 1. The van der Waals surface area contributed by atoms with Gasteiger partial charge in [-0.2, -0.15) is 5.10 Å². The average Bonchev–Trinajstić information content (AvgIpc) is 3.16. The normalized spacial score (nSPS) is 10.9. The first-order chi connectivity index (χ1) is 13.8. The van der Waals surface area contributed by atoms with Crippen LogP contribution in [-0.2, 0) is 24.4 Å². The number of rotatable bonds is 7. The van der Waals surface area contributed by atoms with E-state index < -0.39 is 0 Å². The Balaban J connectivity index is 1.48. The van der Waals surface area contributed by atoms with Gasteiger partial charge in [-0.15, -0.1) is 0 Å². The summed E-state index contributed by atoms with van der Waals surface area (Å²) in [4.78, 5) is 15.0. The first kappa shape index (κ1) is 18.0. The predicted octanol–water partition coefficient (Wildman–Crippen LogP) is 4.66. The predicted molar refractivity (Wildman–Crippen MR) is 111 cm³/mol. The van der Waals surface area contributed by atoms with Crippen molar-refractivity contribution in [2.45, 2.75) is 26.1 Å². The van der Waals surface area contributed by atoms with E-state index in [1.165, 1.54) is 0 Å². The number of benzene rings is 3. The maximum atomic E-state index is 13.1. The van der Waals surface area contributed by atoms with Crippen LogP contribution in [0.3, 0.4) is 0 Å². The Morgan fingerprint density at radius 3 is 2.00 bits per heavy atom. The van der Waals surface area contributed by atoms with Crippen LogP contribution in [-0.4, -0.2) is 20.6 Å². The van der Waals surface area contributed by atoms with Gasteiger partial charge in [0.15, 0.2) is 0 Å². The highest BCUT2D eigenvalue weighted by Crippen LogP contribution is 2.15. The summed E-state index contributed by atoms with van der Waals surface area (Å²) in [5.74, 6) is 0.132. The molecule has 1 aromatic heterocycles. The number of aromatic nitrogens is 2. The molecule has 0 aliphatic carbocycles. The van der Waals surface area contributed by atoms with Crippen LogP contribution < -0.4 is 0 Å². The Labute approximate surface area is 165 Å². The molecule has 4 nitrogen and oxygen atoms in total. The number of carbonyl (C=O) groups is 1. The summed E-state index contributed by atoms with van der Waals surface area (Å²) in [6, 6.07) is 28.4. The zero-order valence-electron chi connectivity index (χ0n) is 15.7. The summed E-state index contributed by atoms with van der Waals surface area (Å²) >= 11 is 0. The quantitative estimate of drug-likeness (QED) is 0.475. The van der Waals surface area contributed by atoms with Gasteiger partial charge in [-0.25, -0.2) is 0 Å². The van der Waals surface area contributed by atoms with E-state index in [1.807, 2.05) is 76.4 Å². The minimum Gasteiger partial charge on any atom is -0.334 e. The van der Waals surface area contributed by atoms with Gasteiger partial charge in [0.25, 0.3) is 0 Å². The van der Waals surface area contributed by atoms with Gasteiger partial charge in [0, 0.05) is 24.9 Å². The number of para-hydroxylation sites is 1. The molecule has 0 fully saturated rings. The second-order valence-electron chi connectivity index (χ2n) is 6.90. The van der Waals surface area contributed by atoms with Crippen molar-refractivity contribution in [2.24, 2.45) is 0 Å². The standard InChI is InChI=1S/C24H23N3O/c28-24(15-16-27-23-14-8-7-13-22(23)17-25-27)26(18-20-9-3-1-4-10-20)19-21-11-5-2-6-12-21/h1-14,17H,15-16,18-19H2. The molecule has 0 spiro atoms. The van der Waals surface area contributed by atoms with Crippen LogP contribution in [0.4, 0.5) is 0 Å². The first-order valence-electron chi connectivity index (χ1n) is 9.56. The zero-order chi connectivity index (χ0) is 19.2. The molecule has 28 heavy (non-hydrogen) atoms. The van der Waals surface area contributed by atoms with Gasteiger partial charge in [-0.3, -0.25) is 9.48 Å². The average molecular weight is 369 g/mol. The summed E-state index contributed by atoms with van der Waals surface area (Å²) in [7, 11) is 0. The molecule has 0 bridgehead atoms. The van der Waals surface area contributed by atoms with Gasteiger partial charge in [0.05, 0.1) is 18.3 Å². The van der Waals surface area contributed by atoms with Crippen molar-refractivity contribution < 1.29 is 4.79 Å². The van der Waals surface area contributed by atoms with Crippen LogP contribution in [0, 0.1) is 0 Å². The van der Waals surface area contributed by atoms with Crippen molar-refractivity contribution in [3.63, 3.8) is 0 Å². The van der Waals surface area contributed by atoms with Crippen LogP contribution in [0.2, 0.25) is 0 Å². The summed E-state index contributed by atoms with van der Waals surface area (Å²) in [5.41, 5.74) is 3.33. The molecule has 0 aliphatic heterocycles. The lowest BCUT2D eigenvalue weighted by Crippen LogP contribution is -2.30. The molecule has 0 radical (unpaired) electrons. The van der Waals surface area contributed by atoms with E-state index >= 15 is 0 Å². The summed E-state index contributed by atoms with van der Waals surface area (Å²) < 4.78 is 1.91. The molecule has 1 heterocycles. The fourth-order valence-corrected chi connectivity index (χ4v) is 3.40. The number of nitrogens with zero attached hydrogens (tertiary/aromatic N) is 3. The lowest BCUT2D eigenvalue weighted by molar-refractivity contribution is -0.132. The minimum atomic E-state index is 0.132. The van der Waals surface area contributed by atoms with Crippen LogP contribution in [0.5, 0.6) is 0 Å². The molecule has 3 aromatic carbocycles. The highest BCUT2D eigenvalue weighted by molar-refractivity contribution is 5.79. The summed E-state index contributed by atoms with van der Waals surface area (Å²) in [6.45, 7) is 1.79.